The molecule has 0 amide bonds. The average molecular weight is 217 g/mol. The van der Waals surface area contributed by atoms with Crippen LogP contribution in [0.15, 0.2) is 29.8 Å². The lowest BCUT2D eigenvalue weighted by Crippen LogP contribution is -1.92. The molecule has 4 nitrogen and oxygen atoms in total. The third-order valence-electron chi connectivity index (χ3n) is 1.75. The van der Waals surface area contributed by atoms with Crippen LogP contribution in [0.5, 0.6) is 10.9 Å². The number of nitrogen functional groups attached to an aromatic ring is 1. The molecule has 2 aromatic rings. The lowest BCUT2D eigenvalue weighted by atomic mass is 10.2. The molecule has 0 saturated heterocycles. The smallest absolute Gasteiger partial charge is 0.278 e. The van der Waals surface area contributed by atoms with Crippen molar-refractivity contribution in [3.8, 4) is 17.0 Å². The summed E-state index contributed by atoms with van der Waals surface area (Å²) < 4.78 is 5.42. The minimum atomic E-state index is 0.434. The van der Waals surface area contributed by atoms with Crippen LogP contribution in [0.2, 0.25) is 0 Å². The molecule has 0 aliphatic rings. The highest BCUT2D eigenvalue weighted by molar-refractivity contribution is 7.11. The monoisotopic (exact) mass is 217 g/mol. The third kappa shape index (κ3) is 2.06. The summed E-state index contributed by atoms with van der Waals surface area (Å²) in [6.45, 7) is 0. The molecule has 2 rings (SSSR count). The molecule has 5 heteroatoms. The van der Waals surface area contributed by atoms with Crippen molar-refractivity contribution in [3.05, 3.63) is 35.3 Å². The highest BCUT2D eigenvalue weighted by Gasteiger charge is 2.04. The van der Waals surface area contributed by atoms with Crippen LogP contribution >= 0.6 is 11.3 Å². The fourth-order valence-electron chi connectivity index (χ4n) is 1.07. The van der Waals surface area contributed by atoms with E-state index in [1.54, 1.807) is 24.4 Å². The van der Waals surface area contributed by atoms with Gasteiger partial charge in [0.05, 0.1) is 17.3 Å². The summed E-state index contributed by atoms with van der Waals surface area (Å²) in [7, 11) is 0. The molecule has 0 atom stereocenters. The van der Waals surface area contributed by atoms with Gasteiger partial charge in [-0.2, -0.15) is 5.26 Å². The summed E-state index contributed by atoms with van der Waals surface area (Å²) in [6, 6.07) is 6.89. The van der Waals surface area contributed by atoms with Gasteiger partial charge >= 0.3 is 0 Å². The number of hydrogen-bond donors (Lipinski definition) is 1. The molecule has 1 aromatic carbocycles. The zero-order valence-corrected chi connectivity index (χ0v) is 8.49. The standard InChI is InChI=1S/C10H7N3OS/c11-6-7-1-2-9(8(12)5-7)14-10-13-3-4-15-10/h1-5H,12H2. The van der Waals surface area contributed by atoms with E-state index >= 15 is 0 Å². The number of aromatic nitrogens is 1. The van der Waals surface area contributed by atoms with Gasteiger partial charge in [0.15, 0.2) is 5.75 Å². The van der Waals surface area contributed by atoms with Gasteiger partial charge in [-0.25, -0.2) is 4.98 Å². The summed E-state index contributed by atoms with van der Waals surface area (Å²) in [6.07, 6.45) is 1.65. The van der Waals surface area contributed by atoms with Crippen LogP contribution in [0.25, 0.3) is 0 Å². The summed E-state index contributed by atoms with van der Waals surface area (Å²) in [4.78, 5) is 3.97. The molecule has 1 aromatic heterocycles. The van der Waals surface area contributed by atoms with Gasteiger partial charge < -0.3 is 10.5 Å². The summed E-state index contributed by atoms with van der Waals surface area (Å²) in [5, 5.41) is 11.0. The van der Waals surface area contributed by atoms with Crippen molar-refractivity contribution in [1.82, 2.24) is 4.98 Å². The predicted molar refractivity (Wildman–Crippen MR) is 57.8 cm³/mol. The largest absolute Gasteiger partial charge is 0.429 e. The van der Waals surface area contributed by atoms with Gasteiger partial charge in [-0.05, 0) is 18.2 Å². The maximum Gasteiger partial charge on any atom is 0.278 e. The first-order valence-corrected chi connectivity index (χ1v) is 5.04. The second kappa shape index (κ2) is 3.98. The second-order valence-electron chi connectivity index (χ2n) is 2.76. The number of anilines is 1. The lowest BCUT2D eigenvalue weighted by Gasteiger charge is -2.04. The number of nitrogens with zero attached hydrogens (tertiary/aromatic N) is 2. The SMILES string of the molecule is N#Cc1ccc(Oc2nccs2)c(N)c1. The van der Waals surface area contributed by atoms with Gasteiger partial charge in [-0.1, -0.05) is 11.3 Å². The van der Waals surface area contributed by atoms with Gasteiger partial charge in [0.1, 0.15) is 0 Å². The van der Waals surface area contributed by atoms with E-state index in [0.717, 1.165) is 0 Å². The van der Waals surface area contributed by atoms with E-state index in [9.17, 15) is 0 Å². The van der Waals surface area contributed by atoms with Gasteiger partial charge in [0.2, 0.25) is 0 Å². The minimum Gasteiger partial charge on any atom is -0.429 e. The zero-order chi connectivity index (χ0) is 10.7. The van der Waals surface area contributed by atoms with E-state index in [1.165, 1.54) is 11.3 Å². The van der Waals surface area contributed by atoms with Crippen molar-refractivity contribution < 1.29 is 4.74 Å². The molecule has 0 unspecified atom stereocenters. The Morgan fingerprint density at radius 1 is 1.47 bits per heavy atom. The Kier molecular flexibility index (Phi) is 2.52. The second-order valence-corrected chi connectivity index (χ2v) is 3.62. The number of nitriles is 1. The van der Waals surface area contributed by atoms with Crippen LogP contribution < -0.4 is 10.5 Å². The number of hydrogen-bond acceptors (Lipinski definition) is 5. The highest BCUT2D eigenvalue weighted by atomic mass is 32.1. The number of ether oxygens (including phenoxy) is 1. The van der Waals surface area contributed by atoms with Crippen molar-refractivity contribution in [1.29, 1.82) is 5.26 Å². The van der Waals surface area contributed by atoms with E-state index in [4.69, 9.17) is 15.7 Å². The van der Waals surface area contributed by atoms with Crippen molar-refractivity contribution in [2.75, 3.05) is 5.73 Å². The zero-order valence-electron chi connectivity index (χ0n) is 7.68. The molecule has 0 spiro atoms. The Morgan fingerprint density at radius 3 is 2.93 bits per heavy atom. The Balaban J connectivity index is 2.27. The summed E-state index contributed by atoms with van der Waals surface area (Å²) >= 11 is 1.38. The first-order chi connectivity index (χ1) is 7.29. The highest BCUT2D eigenvalue weighted by Crippen LogP contribution is 2.28. The molecule has 0 saturated carbocycles. The molecule has 2 N–H and O–H groups in total. The first-order valence-electron chi connectivity index (χ1n) is 4.16. The molecule has 15 heavy (non-hydrogen) atoms. The molecular formula is C10H7N3OS. The van der Waals surface area contributed by atoms with E-state index in [2.05, 4.69) is 4.98 Å². The Labute approximate surface area is 90.6 Å². The topological polar surface area (TPSA) is 71.9 Å². The summed E-state index contributed by atoms with van der Waals surface area (Å²) in [5.41, 5.74) is 6.66. The Morgan fingerprint density at radius 2 is 2.33 bits per heavy atom. The predicted octanol–water partition coefficient (Wildman–Crippen LogP) is 2.39. The van der Waals surface area contributed by atoms with Crippen molar-refractivity contribution in [3.63, 3.8) is 0 Å². The van der Waals surface area contributed by atoms with Crippen molar-refractivity contribution >= 4 is 17.0 Å². The maximum atomic E-state index is 8.65. The molecule has 0 fully saturated rings. The molecule has 0 bridgehead atoms. The van der Waals surface area contributed by atoms with Gasteiger partial charge in [0.25, 0.3) is 5.19 Å². The fourth-order valence-corrected chi connectivity index (χ4v) is 1.56. The number of benzene rings is 1. The lowest BCUT2D eigenvalue weighted by molar-refractivity contribution is 0.481. The van der Waals surface area contributed by atoms with Crippen LogP contribution in [0, 0.1) is 11.3 Å². The van der Waals surface area contributed by atoms with E-state index < -0.39 is 0 Å². The maximum absolute atomic E-state index is 8.65. The van der Waals surface area contributed by atoms with Crippen LogP contribution in [-0.4, -0.2) is 4.98 Å². The Bertz CT molecular complexity index is 502. The summed E-state index contributed by atoms with van der Waals surface area (Å²) in [5.74, 6) is 0.518. The Hall–Kier alpha value is -2.06. The van der Waals surface area contributed by atoms with E-state index in [1.807, 2.05) is 11.4 Å². The van der Waals surface area contributed by atoms with E-state index in [0.29, 0.717) is 22.2 Å². The molecule has 0 radical (unpaired) electrons. The molecular weight excluding hydrogens is 210 g/mol. The molecule has 74 valence electrons. The quantitative estimate of drug-likeness (QED) is 0.784. The fraction of sp³-hybridized carbons (Fsp3) is 0. The number of rotatable bonds is 2. The van der Waals surface area contributed by atoms with Gasteiger partial charge in [-0.15, -0.1) is 0 Å². The normalized spacial score (nSPS) is 9.53. The van der Waals surface area contributed by atoms with Crippen LogP contribution in [0.3, 0.4) is 0 Å². The third-order valence-corrected chi connectivity index (χ3v) is 2.39. The molecule has 0 aliphatic carbocycles. The van der Waals surface area contributed by atoms with E-state index in [-0.39, 0.29) is 0 Å². The van der Waals surface area contributed by atoms with Gasteiger partial charge in [-0.3, -0.25) is 0 Å². The van der Waals surface area contributed by atoms with Gasteiger partial charge in [0, 0.05) is 11.6 Å². The first kappa shape index (κ1) is 9.49. The minimum absolute atomic E-state index is 0.434. The van der Waals surface area contributed by atoms with Crippen LogP contribution in [0.4, 0.5) is 5.69 Å². The number of thiazole rings is 1. The van der Waals surface area contributed by atoms with Crippen LogP contribution in [-0.2, 0) is 0 Å². The average Bonchev–Trinajstić information content (AvgIpc) is 2.74. The number of nitrogens with two attached hydrogens (primary N) is 1. The van der Waals surface area contributed by atoms with Crippen molar-refractivity contribution in [2.45, 2.75) is 0 Å². The molecule has 1 heterocycles. The van der Waals surface area contributed by atoms with Crippen LogP contribution in [0.1, 0.15) is 5.56 Å². The van der Waals surface area contributed by atoms with Crippen molar-refractivity contribution in [2.24, 2.45) is 0 Å². The molecule has 0 aliphatic heterocycles.